The van der Waals surface area contributed by atoms with Crippen molar-refractivity contribution in [1.82, 2.24) is 14.8 Å². The Morgan fingerprint density at radius 3 is 2.65 bits per heavy atom. The van der Waals surface area contributed by atoms with Gasteiger partial charge in [0, 0.05) is 62.8 Å². The van der Waals surface area contributed by atoms with E-state index in [0.29, 0.717) is 6.42 Å². The zero-order chi connectivity index (χ0) is 13.8. The highest BCUT2D eigenvalue weighted by atomic mass is 15.3. The molecule has 1 aliphatic heterocycles. The first-order chi connectivity index (χ1) is 9.86. The van der Waals surface area contributed by atoms with Crippen molar-refractivity contribution in [3.05, 3.63) is 36.0 Å². The molecule has 1 fully saturated rings. The second kappa shape index (κ2) is 6.08. The predicted octanol–water partition coefficient (Wildman–Crippen LogP) is 2.20. The molecule has 1 aromatic heterocycles. The number of benzene rings is 1. The predicted molar refractivity (Wildman–Crippen MR) is 80.2 cm³/mol. The molecule has 1 saturated heterocycles. The fourth-order valence-electron chi connectivity index (χ4n) is 2.88. The lowest BCUT2D eigenvalue weighted by atomic mass is 10.1. The lowest BCUT2D eigenvalue weighted by molar-refractivity contribution is 0.129. The fraction of sp³-hybridized carbons (Fsp3) is 0.438. The number of piperazine rings is 1. The van der Waals surface area contributed by atoms with Gasteiger partial charge in [-0.25, -0.2) is 0 Å². The zero-order valence-corrected chi connectivity index (χ0v) is 11.7. The molecule has 0 unspecified atom stereocenters. The average molecular weight is 268 g/mol. The first-order valence-corrected chi connectivity index (χ1v) is 7.23. The minimum atomic E-state index is 0.641. The maximum atomic E-state index is 8.63. The second-order valence-electron chi connectivity index (χ2n) is 5.39. The van der Waals surface area contributed by atoms with Crippen LogP contribution < -0.4 is 0 Å². The van der Waals surface area contributed by atoms with Crippen LogP contribution >= 0.6 is 0 Å². The van der Waals surface area contributed by atoms with Gasteiger partial charge in [-0.15, -0.1) is 0 Å². The Morgan fingerprint density at radius 2 is 1.85 bits per heavy atom. The van der Waals surface area contributed by atoms with E-state index >= 15 is 0 Å². The lowest BCUT2D eigenvalue weighted by Gasteiger charge is -2.34. The first kappa shape index (κ1) is 13.2. The van der Waals surface area contributed by atoms with E-state index < -0.39 is 0 Å². The van der Waals surface area contributed by atoms with Crippen molar-refractivity contribution >= 4 is 10.9 Å². The van der Waals surface area contributed by atoms with E-state index in [9.17, 15) is 0 Å². The summed E-state index contributed by atoms with van der Waals surface area (Å²) < 4.78 is 0. The number of hydrogen-bond acceptors (Lipinski definition) is 3. The molecule has 0 radical (unpaired) electrons. The Bertz CT molecular complexity index is 602. The van der Waals surface area contributed by atoms with Gasteiger partial charge >= 0.3 is 0 Å². The molecular weight excluding hydrogens is 248 g/mol. The van der Waals surface area contributed by atoms with Crippen LogP contribution in [0, 0.1) is 11.3 Å². The highest BCUT2D eigenvalue weighted by Gasteiger charge is 2.17. The van der Waals surface area contributed by atoms with Crippen LogP contribution in [-0.4, -0.2) is 47.5 Å². The van der Waals surface area contributed by atoms with Gasteiger partial charge < -0.3 is 4.98 Å². The quantitative estimate of drug-likeness (QED) is 0.924. The van der Waals surface area contributed by atoms with Crippen LogP contribution in [-0.2, 0) is 6.54 Å². The standard InChI is InChI=1S/C16H20N4/c17-6-3-7-19-8-10-20(11-9-19)13-14-12-18-16-5-2-1-4-15(14)16/h1-2,4-5,12,18H,3,7-11,13H2. The second-order valence-corrected chi connectivity index (χ2v) is 5.39. The van der Waals surface area contributed by atoms with Gasteiger partial charge in [0.1, 0.15) is 0 Å². The molecule has 1 aromatic carbocycles. The van der Waals surface area contributed by atoms with Crippen LogP contribution in [0.1, 0.15) is 12.0 Å². The van der Waals surface area contributed by atoms with E-state index in [0.717, 1.165) is 39.3 Å². The van der Waals surface area contributed by atoms with Crippen molar-refractivity contribution in [2.24, 2.45) is 0 Å². The van der Waals surface area contributed by atoms with Gasteiger partial charge in [0.05, 0.1) is 6.07 Å². The molecule has 1 N–H and O–H groups in total. The summed E-state index contributed by atoms with van der Waals surface area (Å²) >= 11 is 0. The Balaban J connectivity index is 1.59. The summed E-state index contributed by atoms with van der Waals surface area (Å²) in [6.45, 7) is 6.25. The van der Waals surface area contributed by atoms with Crippen molar-refractivity contribution in [3.8, 4) is 6.07 Å². The number of fused-ring (bicyclic) bond motifs is 1. The van der Waals surface area contributed by atoms with Crippen molar-refractivity contribution in [2.75, 3.05) is 32.7 Å². The molecule has 0 amide bonds. The molecule has 4 nitrogen and oxygen atoms in total. The van der Waals surface area contributed by atoms with Crippen molar-refractivity contribution in [3.63, 3.8) is 0 Å². The Hall–Kier alpha value is -1.83. The van der Waals surface area contributed by atoms with Gasteiger partial charge in [-0.2, -0.15) is 5.26 Å². The number of rotatable bonds is 4. The lowest BCUT2D eigenvalue weighted by Crippen LogP contribution is -2.46. The number of H-pyrrole nitrogens is 1. The maximum absolute atomic E-state index is 8.63. The summed E-state index contributed by atoms with van der Waals surface area (Å²) in [5.41, 5.74) is 2.60. The molecule has 0 aliphatic carbocycles. The summed E-state index contributed by atoms with van der Waals surface area (Å²) in [6, 6.07) is 10.7. The maximum Gasteiger partial charge on any atom is 0.0635 e. The van der Waals surface area contributed by atoms with E-state index in [1.54, 1.807) is 0 Å². The van der Waals surface area contributed by atoms with Crippen LogP contribution in [0.15, 0.2) is 30.5 Å². The molecule has 0 atom stereocenters. The minimum absolute atomic E-state index is 0.641. The summed E-state index contributed by atoms with van der Waals surface area (Å²) in [6.07, 6.45) is 2.77. The minimum Gasteiger partial charge on any atom is -0.361 e. The molecule has 0 bridgehead atoms. The number of nitriles is 1. The largest absolute Gasteiger partial charge is 0.361 e. The number of para-hydroxylation sites is 1. The number of hydrogen-bond donors (Lipinski definition) is 1. The third-order valence-electron chi connectivity index (χ3n) is 4.07. The number of aromatic nitrogens is 1. The van der Waals surface area contributed by atoms with Gasteiger partial charge in [-0.1, -0.05) is 18.2 Å². The monoisotopic (exact) mass is 268 g/mol. The molecule has 20 heavy (non-hydrogen) atoms. The van der Waals surface area contributed by atoms with Gasteiger partial charge in [0.2, 0.25) is 0 Å². The van der Waals surface area contributed by atoms with Crippen LogP contribution in [0.25, 0.3) is 10.9 Å². The van der Waals surface area contributed by atoms with E-state index in [-0.39, 0.29) is 0 Å². The van der Waals surface area contributed by atoms with E-state index in [2.05, 4.69) is 51.3 Å². The Morgan fingerprint density at radius 1 is 1.10 bits per heavy atom. The highest BCUT2D eigenvalue weighted by Crippen LogP contribution is 2.19. The first-order valence-electron chi connectivity index (χ1n) is 7.23. The number of nitrogens with one attached hydrogen (secondary N) is 1. The van der Waals surface area contributed by atoms with Crippen LogP contribution in [0.4, 0.5) is 0 Å². The Kier molecular flexibility index (Phi) is 4.00. The molecule has 2 aromatic rings. The average Bonchev–Trinajstić information content (AvgIpc) is 2.90. The summed E-state index contributed by atoms with van der Waals surface area (Å²) in [5.74, 6) is 0. The van der Waals surface area contributed by atoms with Crippen LogP contribution in [0.3, 0.4) is 0 Å². The summed E-state index contributed by atoms with van der Waals surface area (Å²) in [4.78, 5) is 8.22. The summed E-state index contributed by atoms with van der Waals surface area (Å²) in [5, 5.41) is 9.96. The smallest absolute Gasteiger partial charge is 0.0635 e. The number of nitrogens with zero attached hydrogens (tertiary/aromatic N) is 3. The fourth-order valence-corrected chi connectivity index (χ4v) is 2.88. The molecule has 0 spiro atoms. The van der Waals surface area contributed by atoms with E-state index in [1.807, 2.05) is 0 Å². The third kappa shape index (κ3) is 2.84. The van der Waals surface area contributed by atoms with Crippen molar-refractivity contribution < 1.29 is 0 Å². The van der Waals surface area contributed by atoms with Gasteiger partial charge in [0.25, 0.3) is 0 Å². The molecule has 4 heteroatoms. The molecular formula is C16H20N4. The number of aromatic amines is 1. The van der Waals surface area contributed by atoms with Gasteiger partial charge in [-0.3, -0.25) is 9.80 Å². The molecule has 3 rings (SSSR count). The van der Waals surface area contributed by atoms with Crippen molar-refractivity contribution in [1.29, 1.82) is 5.26 Å². The zero-order valence-electron chi connectivity index (χ0n) is 11.7. The normalized spacial score (nSPS) is 17.4. The SMILES string of the molecule is N#CCCN1CCN(Cc2c[nH]c3ccccc23)CC1. The summed E-state index contributed by atoms with van der Waals surface area (Å²) in [7, 11) is 0. The van der Waals surface area contributed by atoms with E-state index in [1.165, 1.54) is 16.5 Å². The molecule has 1 aliphatic rings. The van der Waals surface area contributed by atoms with E-state index in [4.69, 9.17) is 5.26 Å². The Labute approximate surface area is 119 Å². The molecule has 104 valence electrons. The topological polar surface area (TPSA) is 46.1 Å². The van der Waals surface area contributed by atoms with Crippen LogP contribution in [0.5, 0.6) is 0 Å². The van der Waals surface area contributed by atoms with Crippen LogP contribution in [0.2, 0.25) is 0 Å². The van der Waals surface area contributed by atoms with Crippen molar-refractivity contribution in [2.45, 2.75) is 13.0 Å². The van der Waals surface area contributed by atoms with Gasteiger partial charge in [0.15, 0.2) is 0 Å². The highest BCUT2D eigenvalue weighted by molar-refractivity contribution is 5.82. The third-order valence-corrected chi connectivity index (χ3v) is 4.07. The van der Waals surface area contributed by atoms with Gasteiger partial charge in [-0.05, 0) is 11.6 Å². The molecule has 2 heterocycles. The molecule has 0 saturated carbocycles.